The molecule has 0 saturated heterocycles. The first-order valence-electron chi connectivity index (χ1n) is 5.56. The molecule has 2 aromatic rings. The maximum atomic E-state index is 12.1. The maximum absolute atomic E-state index is 12.1. The van der Waals surface area contributed by atoms with E-state index >= 15 is 0 Å². The third-order valence-corrected chi connectivity index (χ3v) is 2.55. The fourth-order valence-electron chi connectivity index (χ4n) is 1.68. The Morgan fingerprint density at radius 3 is 2.21 bits per heavy atom. The van der Waals surface area contributed by atoms with E-state index in [1.54, 1.807) is 12.1 Å². The highest BCUT2D eigenvalue weighted by molar-refractivity contribution is 5.66. The molecule has 4 heteroatoms. The number of halogens is 3. The van der Waals surface area contributed by atoms with Crippen molar-refractivity contribution >= 4 is 6.08 Å². The predicted molar refractivity (Wildman–Crippen MR) is 68.7 cm³/mol. The molecule has 0 radical (unpaired) electrons. The van der Waals surface area contributed by atoms with Crippen LogP contribution in [0.15, 0.2) is 55.1 Å². The van der Waals surface area contributed by atoms with Gasteiger partial charge in [0.25, 0.3) is 0 Å². The maximum Gasteiger partial charge on any atom is 0.573 e. The summed E-state index contributed by atoms with van der Waals surface area (Å²) in [6.07, 6.45) is -2.97. The molecule has 0 aliphatic rings. The molecular formula is C15H11F3O. The lowest BCUT2D eigenvalue weighted by atomic mass is 10.0. The van der Waals surface area contributed by atoms with Gasteiger partial charge in [-0.1, -0.05) is 49.1 Å². The normalized spacial score (nSPS) is 11.1. The molecule has 0 amide bonds. The van der Waals surface area contributed by atoms with Gasteiger partial charge in [0.15, 0.2) is 0 Å². The van der Waals surface area contributed by atoms with Crippen molar-refractivity contribution < 1.29 is 17.9 Å². The second kappa shape index (κ2) is 5.18. The monoisotopic (exact) mass is 264 g/mol. The quantitative estimate of drug-likeness (QED) is 0.766. The number of benzene rings is 2. The Balaban J connectivity index is 2.29. The Morgan fingerprint density at radius 1 is 0.947 bits per heavy atom. The molecule has 0 heterocycles. The van der Waals surface area contributed by atoms with Crippen molar-refractivity contribution in [2.24, 2.45) is 0 Å². The Labute approximate surface area is 109 Å². The highest BCUT2D eigenvalue weighted by Crippen LogP contribution is 2.28. The molecule has 0 atom stereocenters. The lowest BCUT2D eigenvalue weighted by Crippen LogP contribution is -2.17. The zero-order chi connectivity index (χ0) is 13.9. The zero-order valence-electron chi connectivity index (χ0n) is 9.95. The second-order valence-electron chi connectivity index (χ2n) is 3.90. The molecule has 2 rings (SSSR count). The van der Waals surface area contributed by atoms with Crippen molar-refractivity contribution in [1.29, 1.82) is 0 Å². The molecule has 19 heavy (non-hydrogen) atoms. The van der Waals surface area contributed by atoms with E-state index in [9.17, 15) is 13.2 Å². The lowest BCUT2D eigenvalue weighted by molar-refractivity contribution is -0.274. The number of alkyl halides is 3. The molecule has 0 bridgehead atoms. The van der Waals surface area contributed by atoms with E-state index in [1.807, 2.05) is 24.3 Å². The third kappa shape index (κ3) is 3.61. The van der Waals surface area contributed by atoms with Crippen LogP contribution < -0.4 is 4.74 Å². The van der Waals surface area contributed by atoms with Gasteiger partial charge in [-0.25, -0.2) is 0 Å². The summed E-state index contributed by atoms with van der Waals surface area (Å²) in [5, 5.41) is 0. The van der Waals surface area contributed by atoms with Gasteiger partial charge in [-0.05, 0) is 28.8 Å². The summed E-state index contributed by atoms with van der Waals surface area (Å²) < 4.78 is 40.3. The van der Waals surface area contributed by atoms with E-state index in [1.165, 1.54) is 18.2 Å². The molecule has 0 N–H and O–H groups in total. The van der Waals surface area contributed by atoms with Crippen molar-refractivity contribution in [3.8, 4) is 16.9 Å². The highest BCUT2D eigenvalue weighted by Gasteiger charge is 2.31. The zero-order valence-corrected chi connectivity index (χ0v) is 9.95. The standard InChI is InChI=1S/C15H11F3O/c1-2-11-6-8-12(9-7-11)13-4-3-5-14(10-13)19-15(16,17)18/h2-10H,1H2. The van der Waals surface area contributed by atoms with Crippen molar-refractivity contribution in [2.45, 2.75) is 6.36 Å². The Hall–Kier alpha value is -2.23. The van der Waals surface area contributed by atoms with E-state index < -0.39 is 6.36 Å². The summed E-state index contributed by atoms with van der Waals surface area (Å²) in [4.78, 5) is 0. The Morgan fingerprint density at radius 2 is 1.63 bits per heavy atom. The van der Waals surface area contributed by atoms with Gasteiger partial charge in [-0.15, -0.1) is 13.2 Å². The highest BCUT2D eigenvalue weighted by atomic mass is 19.4. The molecule has 0 unspecified atom stereocenters. The van der Waals surface area contributed by atoms with Crippen molar-refractivity contribution in [3.05, 3.63) is 60.7 Å². The van der Waals surface area contributed by atoms with Gasteiger partial charge in [0, 0.05) is 0 Å². The van der Waals surface area contributed by atoms with E-state index in [-0.39, 0.29) is 5.75 Å². The molecule has 0 saturated carbocycles. The minimum atomic E-state index is -4.68. The van der Waals surface area contributed by atoms with E-state index in [0.717, 1.165) is 11.1 Å². The predicted octanol–water partition coefficient (Wildman–Crippen LogP) is 4.90. The lowest BCUT2D eigenvalue weighted by Gasteiger charge is -2.10. The second-order valence-corrected chi connectivity index (χ2v) is 3.90. The van der Waals surface area contributed by atoms with Crippen LogP contribution in [0.4, 0.5) is 13.2 Å². The van der Waals surface area contributed by atoms with Crippen LogP contribution >= 0.6 is 0 Å². The third-order valence-electron chi connectivity index (χ3n) is 2.55. The van der Waals surface area contributed by atoms with Crippen LogP contribution in [0.25, 0.3) is 17.2 Å². The van der Waals surface area contributed by atoms with Gasteiger partial charge in [-0.3, -0.25) is 0 Å². The molecule has 0 aromatic heterocycles. The number of ether oxygens (including phenoxy) is 1. The van der Waals surface area contributed by atoms with Crippen LogP contribution in [0.1, 0.15) is 5.56 Å². The van der Waals surface area contributed by atoms with Crippen molar-refractivity contribution in [3.63, 3.8) is 0 Å². The number of rotatable bonds is 3. The summed E-state index contributed by atoms with van der Waals surface area (Å²) in [5.41, 5.74) is 2.43. The molecule has 1 nitrogen and oxygen atoms in total. The molecule has 2 aromatic carbocycles. The van der Waals surface area contributed by atoms with Crippen LogP contribution in [-0.4, -0.2) is 6.36 Å². The SMILES string of the molecule is C=Cc1ccc(-c2cccc(OC(F)(F)F)c2)cc1. The molecule has 0 aliphatic carbocycles. The van der Waals surface area contributed by atoms with Gasteiger partial charge in [-0.2, -0.15) is 0 Å². The van der Waals surface area contributed by atoms with E-state index in [4.69, 9.17) is 0 Å². The summed E-state index contributed by atoms with van der Waals surface area (Å²) in [7, 11) is 0. The van der Waals surface area contributed by atoms with Crippen molar-refractivity contribution in [1.82, 2.24) is 0 Å². The Bertz CT molecular complexity index is 571. The van der Waals surface area contributed by atoms with E-state index in [0.29, 0.717) is 5.56 Å². The van der Waals surface area contributed by atoms with E-state index in [2.05, 4.69) is 11.3 Å². The average molecular weight is 264 g/mol. The van der Waals surface area contributed by atoms with Crippen LogP contribution in [0.5, 0.6) is 5.75 Å². The van der Waals surface area contributed by atoms with Crippen molar-refractivity contribution in [2.75, 3.05) is 0 Å². The first-order valence-corrected chi connectivity index (χ1v) is 5.56. The number of hydrogen-bond acceptors (Lipinski definition) is 1. The molecule has 0 aliphatic heterocycles. The first-order chi connectivity index (χ1) is 8.98. The summed E-state index contributed by atoms with van der Waals surface area (Å²) in [5.74, 6) is -0.224. The van der Waals surface area contributed by atoms with Gasteiger partial charge in [0.05, 0.1) is 0 Å². The minimum Gasteiger partial charge on any atom is -0.406 e. The largest absolute Gasteiger partial charge is 0.573 e. The average Bonchev–Trinajstić information content (AvgIpc) is 2.37. The van der Waals surface area contributed by atoms with Crippen LogP contribution in [0.3, 0.4) is 0 Å². The number of hydrogen-bond donors (Lipinski definition) is 0. The van der Waals surface area contributed by atoms with Gasteiger partial charge in [0.2, 0.25) is 0 Å². The first kappa shape index (κ1) is 13.2. The molecule has 0 spiro atoms. The van der Waals surface area contributed by atoms with Crippen LogP contribution in [0, 0.1) is 0 Å². The fourth-order valence-corrected chi connectivity index (χ4v) is 1.68. The van der Waals surface area contributed by atoms with Gasteiger partial charge >= 0.3 is 6.36 Å². The van der Waals surface area contributed by atoms with Gasteiger partial charge < -0.3 is 4.74 Å². The molecular weight excluding hydrogens is 253 g/mol. The topological polar surface area (TPSA) is 9.23 Å². The minimum absolute atomic E-state index is 0.224. The smallest absolute Gasteiger partial charge is 0.406 e. The van der Waals surface area contributed by atoms with Crippen LogP contribution in [0.2, 0.25) is 0 Å². The Kier molecular flexibility index (Phi) is 3.60. The summed E-state index contributed by atoms with van der Waals surface area (Å²) in [6.45, 7) is 3.64. The van der Waals surface area contributed by atoms with Crippen LogP contribution in [-0.2, 0) is 0 Å². The summed E-state index contributed by atoms with van der Waals surface area (Å²) in [6, 6.07) is 13.2. The molecule has 98 valence electrons. The fraction of sp³-hybridized carbons (Fsp3) is 0.0667. The molecule has 0 fully saturated rings. The van der Waals surface area contributed by atoms with Gasteiger partial charge in [0.1, 0.15) is 5.75 Å². The summed E-state index contributed by atoms with van der Waals surface area (Å²) >= 11 is 0.